The fourth-order valence-corrected chi connectivity index (χ4v) is 5.80. The van der Waals surface area contributed by atoms with E-state index in [1.807, 2.05) is 0 Å². The minimum Gasteiger partial charge on any atom is -0.497 e. The summed E-state index contributed by atoms with van der Waals surface area (Å²) in [6, 6.07) is 7.30. The lowest BCUT2D eigenvalue weighted by Crippen LogP contribution is -2.50. The Bertz CT molecular complexity index is 1100. The van der Waals surface area contributed by atoms with Crippen LogP contribution in [0.1, 0.15) is 54.4 Å². The van der Waals surface area contributed by atoms with Gasteiger partial charge < -0.3 is 14.8 Å². The summed E-state index contributed by atoms with van der Waals surface area (Å²) in [7, 11) is 1.51. The quantitative estimate of drug-likeness (QED) is 0.318. The Morgan fingerprint density at radius 2 is 1.63 bits per heavy atom. The van der Waals surface area contributed by atoms with Gasteiger partial charge in [0.15, 0.2) is 17.4 Å². The lowest BCUT2D eigenvalue weighted by molar-refractivity contribution is -0.135. The van der Waals surface area contributed by atoms with Crippen LogP contribution in [-0.2, 0) is 11.4 Å². The van der Waals surface area contributed by atoms with Gasteiger partial charge in [-0.05, 0) is 67.7 Å². The van der Waals surface area contributed by atoms with Crippen LogP contribution in [0.3, 0.4) is 0 Å². The van der Waals surface area contributed by atoms with Crippen LogP contribution < -0.4 is 14.8 Å². The van der Waals surface area contributed by atoms with Gasteiger partial charge in [-0.15, -0.1) is 0 Å². The third-order valence-corrected chi connectivity index (χ3v) is 8.15. The van der Waals surface area contributed by atoms with Crippen molar-refractivity contribution in [1.82, 2.24) is 5.32 Å². The van der Waals surface area contributed by atoms with Crippen molar-refractivity contribution < 1.29 is 32.2 Å². The maximum atomic E-state index is 14.7. The van der Waals surface area contributed by atoms with Crippen molar-refractivity contribution >= 4 is 27.6 Å². The van der Waals surface area contributed by atoms with Crippen LogP contribution in [0.4, 0.5) is 13.2 Å². The number of Topliss-reactive ketones (excluding diaryl/α,β-unsaturated/α-hetero) is 1. The van der Waals surface area contributed by atoms with Gasteiger partial charge in [0.2, 0.25) is 5.82 Å². The molecular formula is C26H27BrF3NO4. The third kappa shape index (κ3) is 5.06. The van der Waals surface area contributed by atoms with Crippen LogP contribution in [0.5, 0.6) is 11.5 Å². The topological polar surface area (TPSA) is 64.6 Å². The summed E-state index contributed by atoms with van der Waals surface area (Å²) >= 11 is 3.27. The van der Waals surface area contributed by atoms with Gasteiger partial charge in [0, 0.05) is 12.0 Å². The molecule has 3 aliphatic carbocycles. The van der Waals surface area contributed by atoms with Crippen molar-refractivity contribution in [3.8, 4) is 11.5 Å². The van der Waals surface area contributed by atoms with Crippen molar-refractivity contribution in [2.24, 2.45) is 10.8 Å². The van der Waals surface area contributed by atoms with Gasteiger partial charge in [-0.1, -0.05) is 28.1 Å². The average Bonchev–Trinajstić information content (AvgIpc) is 2.90. The van der Waals surface area contributed by atoms with Crippen LogP contribution in [-0.4, -0.2) is 30.7 Å². The average molecular weight is 554 g/mol. The Morgan fingerprint density at radius 3 is 2.20 bits per heavy atom. The number of alkyl halides is 1. The number of halogens is 4. The number of carbonyl (C=O) groups is 2. The molecule has 5 rings (SSSR count). The van der Waals surface area contributed by atoms with Crippen molar-refractivity contribution in [2.45, 2.75) is 45.1 Å². The van der Waals surface area contributed by atoms with E-state index in [1.165, 1.54) is 7.11 Å². The van der Waals surface area contributed by atoms with E-state index in [2.05, 4.69) is 21.2 Å². The van der Waals surface area contributed by atoms with Crippen LogP contribution in [0.15, 0.2) is 30.3 Å². The van der Waals surface area contributed by atoms with Crippen LogP contribution in [0.25, 0.3) is 0 Å². The zero-order valence-electron chi connectivity index (χ0n) is 19.4. The number of ether oxygens (including phenoxy) is 2. The molecule has 5 nitrogen and oxygen atoms in total. The van der Waals surface area contributed by atoms with Gasteiger partial charge >= 0.3 is 0 Å². The third-order valence-electron chi connectivity index (χ3n) is 7.64. The smallest absolute Gasteiger partial charge is 0.254 e. The Morgan fingerprint density at radius 1 is 1.00 bits per heavy atom. The molecule has 2 aromatic carbocycles. The van der Waals surface area contributed by atoms with Crippen molar-refractivity contribution in [1.29, 1.82) is 0 Å². The molecule has 2 bridgehead atoms. The fraction of sp³-hybridized carbons (Fsp3) is 0.462. The van der Waals surface area contributed by atoms with E-state index in [1.54, 1.807) is 24.3 Å². The zero-order chi connectivity index (χ0) is 25.2. The predicted octanol–water partition coefficient (Wildman–Crippen LogP) is 5.73. The highest BCUT2D eigenvalue weighted by atomic mass is 79.9. The first-order valence-electron chi connectivity index (χ1n) is 11.5. The van der Waals surface area contributed by atoms with E-state index in [0.717, 1.165) is 38.5 Å². The summed E-state index contributed by atoms with van der Waals surface area (Å²) in [4.78, 5) is 25.0. The number of nitrogens with one attached hydrogen (secondary N) is 1. The summed E-state index contributed by atoms with van der Waals surface area (Å²) in [5, 5.41) is 3.01. The molecule has 1 amide bonds. The van der Waals surface area contributed by atoms with Gasteiger partial charge in [-0.25, -0.2) is 8.78 Å². The molecule has 3 aliphatic rings. The molecule has 35 heavy (non-hydrogen) atoms. The number of rotatable bonds is 9. The number of ketones is 1. The Kier molecular flexibility index (Phi) is 7.45. The van der Waals surface area contributed by atoms with E-state index in [-0.39, 0.29) is 29.8 Å². The van der Waals surface area contributed by atoms with Crippen LogP contribution >= 0.6 is 15.9 Å². The Balaban J connectivity index is 1.40. The number of carbonyl (C=O) groups excluding carboxylic acids is 2. The molecule has 0 aromatic heterocycles. The molecule has 0 saturated heterocycles. The van der Waals surface area contributed by atoms with E-state index in [0.29, 0.717) is 22.7 Å². The molecular weight excluding hydrogens is 527 g/mol. The number of methoxy groups -OCH3 is 1. The maximum Gasteiger partial charge on any atom is 0.254 e. The highest BCUT2D eigenvalue weighted by Crippen LogP contribution is 2.57. The molecule has 0 unspecified atom stereocenters. The van der Waals surface area contributed by atoms with Crippen LogP contribution in [0, 0.1) is 28.3 Å². The molecule has 0 spiro atoms. The number of fused-ring (bicyclic) bond motifs is 3. The fourth-order valence-electron chi connectivity index (χ4n) is 5.20. The summed E-state index contributed by atoms with van der Waals surface area (Å²) in [6.45, 7) is 0.0766. The van der Waals surface area contributed by atoms with Gasteiger partial charge in [0.1, 0.15) is 18.1 Å². The molecule has 3 saturated carbocycles. The maximum absolute atomic E-state index is 14.7. The van der Waals surface area contributed by atoms with Crippen molar-refractivity contribution in [2.75, 3.05) is 19.0 Å². The van der Waals surface area contributed by atoms with Gasteiger partial charge in [0.25, 0.3) is 5.91 Å². The van der Waals surface area contributed by atoms with Gasteiger partial charge in [-0.3, -0.25) is 9.59 Å². The number of hydrogen-bond acceptors (Lipinski definition) is 4. The first kappa shape index (κ1) is 25.5. The molecule has 188 valence electrons. The summed E-state index contributed by atoms with van der Waals surface area (Å²) in [5.41, 5.74) is -0.564. The first-order chi connectivity index (χ1) is 16.7. The van der Waals surface area contributed by atoms with Crippen molar-refractivity contribution in [3.05, 3.63) is 58.9 Å². The minimum absolute atomic E-state index is 0.182. The van der Waals surface area contributed by atoms with Gasteiger partial charge in [-0.2, -0.15) is 4.39 Å². The Labute approximate surface area is 210 Å². The highest BCUT2D eigenvalue weighted by molar-refractivity contribution is 9.09. The van der Waals surface area contributed by atoms with E-state index < -0.39 is 34.7 Å². The number of amides is 1. The van der Waals surface area contributed by atoms with E-state index >= 15 is 0 Å². The van der Waals surface area contributed by atoms with Gasteiger partial charge in [0.05, 0.1) is 18.0 Å². The van der Waals surface area contributed by atoms with E-state index in [9.17, 15) is 22.8 Å². The summed E-state index contributed by atoms with van der Waals surface area (Å²) < 4.78 is 54.2. The predicted molar refractivity (Wildman–Crippen MR) is 127 cm³/mol. The monoisotopic (exact) mass is 553 g/mol. The molecule has 9 heteroatoms. The molecule has 2 aromatic rings. The molecule has 1 N–H and O–H groups in total. The Hall–Kier alpha value is -2.55. The lowest BCUT2D eigenvalue weighted by atomic mass is 9.52. The summed E-state index contributed by atoms with van der Waals surface area (Å²) in [6.07, 6.45) is 4.58. The highest BCUT2D eigenvalue weighted by Gasteiger charge is 2.51. The lowest BCUT2D eigenvalue weighted by Gasteiger charge is -2.52. The minimum atomic E-state index is -1.55. The largest absolute Gasteiger partial charge is 0.497 e. The molecule has 3 fully saturated rings. The molecule has 0 atom stereocenters. The normalized spacial score (nSPS) is 23.1. The number of hydrogen-bond donors (Lipinski definition) is 1. The molecule has 0 radical (unpaired) electrons. The van der Waals surface area contributed by atoms with Crippen LogP contribution in [0.2, 0.25) is 0 Å². The zero-order valence-corrected chi connectivity index (χ0v) is 21.0. The molecule has 0 heterocycles. The standard InChI is InChI=1S/C26H27BrF3NO4/c1-34-17-4-2-16(3-5-17)14-35-23-19(28)12-18(21(29)22(23)30)24(33)31-15-25-6-9-26(10-7-25,11-8-25)20(32)13-27/h2-5,12H,6-11,13-15H2,1H3,(H,31,33)/t25-,26+. The SMILES string of the molecule is COc1ccc(COc2c(F)cc(C(=O)NC[C@]34CC[C@](C(=O)CBr)(CC3)CC4)c(F)c2F)cc1. The second-order valence-corrected chi connectivity index (χ2v) is 10.1. The first-order valence-corrected chi connectivity index (χ1v) is 12.7. The number of benzene rings is 2. The molecule has 0 aliphatic heterocycles. The second-order valence-electron chi connectivity index (χ2n) is 9.52. The second kappa shape index (κ2) is 10.2. The van der Waals surface area contributed by atoms with E-state index in [4.69, 9.17) is 9.47 Å². The van der Waals surface area contributed by atoms with Crippen molar-refractivity contribution in [3.63, 3.8) is 0 Å². The summed E-state index contributed by atoms with van der Waals surface area (Å²) in [5.74, 6) is -5.08.